The first-order valence-corrected chi connectivity index (χ1v) is 9.76. The van der Waals surface area contributed by atoms with E-state index in [-0.39, 0.29) is 17.3 Å². The molecule has 2 aromatic carbocycles. The van der Waals surface area contributed by atoms with Crippen molar-refractivity contribution in [1.82, 2.24) is 14.9 Å². The van der Waals surface area contributed by atoms with E-state index in [9.17, 15) is 18.0 Å². The van der Waals surface area contributed by atoms with E-state index in [1.807, 2.05) is 0 Å². The Balaban J connectivity index is 1.65. The smallest absolute Gasteiger partial charge is 0.256 e. The highest BCUT2D eigenvalue weighted by molar-refractivity contribution is 5.94. The van der Waals surface area contributed by atoms with Crippen molar-refractivity contribution in [1.29, 1.82) is 0 Å². The van der Waals surface area contributed by atoms with Gasteiger partial charge in [-0.3, -0.25) is 4.79 Å². The quantitative estimate of drug-likeness (QED) is 0.617. The molecule has 0 spiro atoms. The summed E-state index contributed by atoms with van der Waals surface area (Å²) < 4.78 is 41.0. The number of carbonyl (C=O) groups is 1. The molecule has 0 aliphatic carbocycles. The van der Waals surface area contributed by atoms with Gasteiger partial charge in [0.1, 0.15) is 23.3 Å². The van der Waals surface area contributed by atoms with Gasteiger partial charge in [-0.05, 0) is 55.7 Å². The van der Waals surface area contributed by atoms with Crippen molar-refractivity contribution in [3.05, 3.63) is 83.2 Å². The van der Waals surface area contributed by atoms with Crippen molar-refractivity contribution in [2.45, 2.75) is 25.7 Å². The van der Waals surface area contributed by atoms with Crippen molar-refractivity contribution in [3.63, 3.8) is 0 Å². The summed E-state index contributed by atoms with van der Waals surface area (Å²) in [5.74, 6) is -1.77. The molecule has 4 nitrogen and oxygen atoms in total. The van der Waals surface area contributed by atoms with Crippen LogP contribution in [0.1, 0.15) is 40.6 Å². The molecule has 0 unspecified atom stereocenters. The van der Waals surface area contributed by atoms with Crippen molar-refractivity contribution >= 4 is 5.91 Å². The number of nitrogens with zero attached hydrogens (tertiary/aromatic N) is 3. The topological polar surface area (TPSA) is 46.1 Å². The molecule has 1 aliphatic heterocycles. The van der Waals surface area contributed by atoms with Crippen LogP contribution >= 0.6 is 0 Å². The maximum absolute atomic E-state index is 14.1. The second-order valence-corrected chi connectivity index (χ2v) is 7.44. The lowest BCUT2D eigenvalue weighted by atomic mass is 9.89. The molecule has 1 aromatic heterocycles. The molecule has 1 fully saturated rings. The van der Waals surface area contributed by atoms with Crippen LogP contribution in [0.25, 0.3) is 11.1 Å². The highest BCUT2D eigenvalue weighted by Crippen LogP contribution is 2.33. The molecule has 4 rings (SSSR count). The van der Waals surface area contributed by atoms with Gasteiger partial charge in [0.2, 0.25) is 0 Å². The average molecular weight is 411 g/mol. The normalized spacial score (nSPS) is 16.5. The summed E-state index contributed by atoms with van der Waals surface area (Å²) in [5, 5.41) is 0. The lowest BCUT2D eigenvalue weighted by molar-refractivity contribution is 0.0700. The molecule has 0 saturated carbocycles. The molecule has 0 radical (unpaired) electrons. The first kappa shape index (κ1) is 20.1. The van der Waals surface area contributed by atoms with E-state index in [4.69, 9.17) is 0 Å². The molecule has 1 aliphatic rings. The summed E-state index contributed by atoms with van der Waals surface area (Å²) in [5.41, 5.74) is 2.06. The highest BCUT2D eigenvalue weighted by atomic mass is 19.1. The molecule has 1 atom stereocenters. The summed E-state index contributed by atoms with van der Waals surface area (Å²) in [6, 6.07) is 8.97. The van der Waals surface area contributed by atoms with Gasteiger partial charge in [0.15, 0.2) is 0 Å². The van der Waals surface area contributed by atoms with Crippen LogP contribution in [0.4, 0.5) is 13.2 Å². The SMILES string of the molecule is Cc1ncc(-c2ccc(F)cc2)c([C@@H]2CCCN(C(=O)c3cc(F)ccc3F)C2)n1. The minimum atomic E-state index is -0.742. The van der Waals surface area contributed by atoms with Crippen LogP contribution in [0.15, 0.2) is 48.7 Å². The number of amides is 1. The van der Waals surface area contributed by atoms with Crippen molar-refractivity contribution < 1.29 is 18.0 Å². The van der Waals surface area contributed by atoms with E-state index in [1.165, 1.54) is 17.0 Å². The maximum Gasteiger partial charge on any atom is 0.256 e. The molecule has 2 heterocycles. The van der Waals surface area contributed by atoms with Crippen LogP contribution < -0.4 is 0 Å². The number of halogens is 3. The number of aryl methyl sites for hydroxylation is 1. The van der Waals surface area contributed by atoms with Crippen LogP contribution in [0.5, 0.6) is 0 Å². The van der Waals surface area contributed by atoms with Crippen molar-refractivity contribution in [3.8, 4) is 11.1 Å². The van der Waals surface area contributed by atoms with Gasteiger partial charge in [-0.2, -0.15) is 0 Å². The minimum absolute atomic E-state index is 0.0962. The molecule has 0 bridgehead atoms. The number of rotatable bonds is 3. The van der Waals surface area contributed by atoms with Crippen LogP contribution in [0, 0.1) is 24.4 Å². The molecule has 1 amide bonds. The number of benzene rings is 2. The van der Waals surface area contributed by atoms with Crippen LogP contribution in [0.3, 0.4) is 0 Å². The van der Waals surface area contributed by atoms with Crippen LogP contribution in [-0.2, 0) is 0 Å². The van der Waals surface area contributed by atoms with Gasteiger partial charge in [-0.25, -0.2) is 23.1 Å². The third-order valence-electron chi connectivity index (χ3n) is 5.35. The third-order valence-corrected chi connectivity index (χ3v) is 5.35. The Morgan fingerprint density at radius 3 is 2.57 bits per heavy atom. The monoisotopic (exact) mass is 411 g/mol. The fourth-order valence-electron chi connectivity index (χ4n) is 3.87. The summed E-state index contributed by atoms with van der Waals surface area (Å²) in [6.07, 6.45) is 3.21. The van der Waals surface area contributed by atoms with E-state index < -0.39 is 17.5 Å². The summed E-state index contributed by atoms with van der Waals surface area (Å²) in [6.45, 7) is 2.58. The van der Waals surface area contributed by atoms with Gasteiger partial charge in [-0.1, -0.05) is 12.1 Å². The lowest BCUT2D eigenvalue weighted by Crippen LogP contribution is -2.40. The minimum Gasteiger partial charge on any atom is -0.338 e. The van der Waals surface area contributed by atoms with Gasteiger partial charge in [0.05, 0.1) is 11.3 Å². The Bertz CT molecular complexity index is 1090. The number of aromatic nitrogens is 2. The standard InChI is InChI=1S/C23H20F3N3O/c1-14-27-12-20(15-4-6-17(24)7-5-15)22(28-14)16-3-2-10-29(13-16)23(30)19-11-18(25)8-9-21(19)26/h4-9,11-12,16H,2-3,10,13H2,1H3/t16-/m1/s1. The number of carbonyl (C=O) groups excluding carboxylic acids is 1. The van der Waals surface area contributed by atoms with Crippen molar-refractivity contribution in [2.75, 3.05) is 13.1 Å². The number of hydrogen-bond donors (Lipinski definition) is 0. The second-order valence-electron chi connectivity index (χ2n) is 7.44. The van der Waals surface area contributed by atoms with E-state index in [0.29, 0.717) is 25.3 Å². The molecule has 1 saturated heterocycles. The highest BCUT2D eigenvalue weighted by Gasteiger charge is 2.29. The number of hydrogen-bond acceptors (Lipinski definition) is 3. The molecular formula is C23H20F3N3O. The molecule has 0 N–H and O–H groups in total. The molecule has 7 heteroatoms. The number of piperidine rings is 1. The molecule has 3 aromatic rings. The zero-order valence-electron chi connectivity index (χ0n) is 16.4. The number of likely N-dealkylation sites (tertiary alicyclic amines) is 1. The molecular weight excluding hydrogens is 391 g/mol. The van der Waals surface area contributed by atoms with E-state index in [0.717, 1.165) is 41.4 Å². The predicted octanol–water partition coefficient (Wildman–Crippen LogP) is 4.89. The van der Waals surface area contributed by atoms with Gasteiger partial charge >= 0.3 is 0 Å². The van der Waals surface area contributed by atoms with Gasteiger partial charge in [-0.15, -0.1) is 0 Å². The van der Waals surface area contributed by atoms with E-state index >= 15 is 0 Å². The van der Waals surface area contributed by atoms with Crippen LogP contribution in [0.2, 0.25) is 0 Å². The second kappa shape index (κ2) is 8.26. The summed E-state index contributed by atoms with van der Waals surface area (Å²) >= 11 is 0. The largest absolute Gasteiger partial charge is 0.338 e. The Hall–Kier alpha value is -3.22. The fraction of sp³-hybridized carbons (Fsp3) is 0.261. The zero-order chi connectivity index (χ0) is 21.3. The Labute approximate surface area is 172 Å². The molecule has 30 heavy (non-hydrogen) atoms. The maximum atomic E-state index is 14.1. The first-order chi connectivity index (χ1) is 14.4. The average Bonchev–Trinajstić information content (AvgIpc) is 2.76. The van der Waals surface area contributed by atoms with Gasteiger partial charge < -0.3 is 4.90 Å². The predicted molar refractivity (Wildman–Crippen MR) is 106 cm³/mol. The van der Waals surface area contributed by atoms with Crippen molar-refractivity contribution in [2.24, 2.45) is 0 Å². The molecule has 154 valence electrons. The Morgan fingerprint density at radius 2 is 1.80 bits per heavy atom. The van der Waals surface area contributed by atoms with E-state index in [1.54, 1.807) is 25.3 Å². The fourth-order valence-corrected chi connectivity index (χ4v) is 3.87. The Morgan fingerprint density at radius 1 is 1.07 bits per heavy atom. The Kier molecular flexibility index (Phi) is 5.53. The first-order valence-electron chi connectivity index (χ1n) is 9.76. The zero-order valence-corrected chi connectivity index (χ0v) is 16.4. The van der Waals surface area contributed by atoms with Gasteiger partial charge in [0.25, 0.3) is 5.91 Å². The van der Waals surface area contributed by atoms with Crippen LogP contribution in [-0.4, -0.2) is 33.9 Å². The van der Waals surface area contributed by atoms with Gasteiger partial charge in [0, 0.05) is 30.8 Å². The summed E-state index contributed by atoms with van der Waals surface area (Å²) in [4.78, 5) is 23.3. The van der Waals surface area contributed by atoms with E-state index in [2.05, 4.69) is 9.97 Å². The summed E-state index contributed by atoms with van der Waals surface area (Å²) in [7, 11) is 0. The lowest BCUT2D eigenvalue weighted by Gasteiger charge is -2.33. The third kappa shape index (κ3) is 4.06.